The van der Waals surface area contributed by atoms with E-state index in [9.17, 15) is 4.79 Å². The fraction of sp³-hybridized carbons (Fsp3) is 0.565. The smallest absolute Gasteiger partial charge is 0.267 e. The van der Waals surface area contributed by atoms with Crippen LogP contribution in [0.5, 0.6) is 5.75 Å². The summed E-state index contributed by atoms with van der Waals surface area (Å²) in [5.74, 6) is 0.943. The third kappa shape index (κ3) is 4.14. The van der Waals surface area contributed by atoms with Crippen molar-refractivity contribution >= 4 is 0 Å². The summed E-state index contributed by atoms with van der Waals surface area (Å²) in [5.41, 5.74) is 4.40. The summed E-state index contributed by atoms with van der Waals surface area (Å²) in [4.78, 5) is 14.8. The molecule has 1 fully saturated rings. The third-order valence-electron chi connectivity index (χ3n) is 5.86. The maximum Gasteiger partial charge on any atom is 0.267 e. The van der Waals surface area contributed by atoms with Crippen LogP contribution in [-0.4, -0.2) is 40.9 Å². The predicted molar refractivity (Wildman–Crippen MR) is 112 cm³/mol. The Hall–Kier alpha value is -2.14. The Balaban J connectivity index is 1.43. The van der Waals surface area contributed by atoms with Gasteiger partial charge < -0.3 is 9.64 Å². The number of fused-ring (bicyclic) bond motifs is 3. The van der Waals surface area contributed by atoms with Gasteiger partial charge in [0, 0.05) is 18.2 Å². The molecule has 0 amide bonds. The molecule has 5 heteroatoms. The highest BCUT2D eigenvalue weighted by Gasteiger charge is 2.20. The molecule has 150 valence electrons. The number of nitrogens with zero attached hydrogens (tertiary/aromatic N) is 3. The molecule has 0 atom stereocenters. The van der Waals surface area contributed by atoms with Crippen LogP contribution in [0.2, 0.25) is 0 Å². The van der Waals surface area contributed by atoms with Gasteiger partial charge in [-0.3, -0.25) is 4.79 Å². The van der Waals surface area contributed by atoms with Crippen LogP contribution in [0.25, 0.3) is 11.3 Å². The molecule has 2 heterocycles. The van der Waals surface area contributed by atoms with Crippen LogP contribution in [0.4, 0.5) is 0 Å². The van der Waals surface area contributed by atoms with Gasteiger partial charge in [0.2, 0.25) is 0 Å². The Morgan fingerprint density at radius 3 is 2.64 bits per heavy atom. The topological polar surface area (TPSA) is 47.4 Å². The molecule has 1 aliphatic carbocycles. The summed E-state index contributed by atoms with van der Waals surface area (Å²) < 4.78 is 7.61. The van der Waals surface area contributed by atoms with Crippen molar-refractivity contribution in [3.63, 3.8) is 0 Å². The highest BCUT2D eigenvalue weighted by molar-refractivity contribution is 5.70. The van der Waals surface area contributed by atoms with Gasteiger partial charge in [-0.05, 0) is 88.4 Å². The standard InChI is InChI=1S/C23H31N3O2/c1-17(2)26-22(27)16-19-8-7-18-15-20(9-10-21(18)23(19)24-26)28-14-6-13-25-11-4-3-5-12-25/h9-10,15-17H,3-8,11-14H2,1-2H3. The number of ether oxygens (including phenoxy) is 1. The number of likely N-dealkylation sites (tertiary alicyclic amines) is 1. The Morgan fingerprint density at radius 1 is 1.07 bits per heavy atom. The van der Waals surface area contributed by atoms with Crippen molar-refractivity contribution in [2.24, 2.45) is 0 Å². The van der Waals surface area contributed by atoms with Gasteiger partial charge in [0.1, 0.15) is 5.75 Å². The SMILES string of the molecule is CC(C)n1nc2c(cc1=O)CCc1cc(OCCCN3CCCCC3)ccc1-2. The second kappa shape index (κ2) is 8.48. The number of rotatable bonds is 6. The fourth-order valence-electron chi connectivity index (χ4n) is 4.32. The largest absolute Gasteiger partial charge is 0.494 e. The van der Waals surface area contributed by atoms with Crippen LogP contribution in [0.3, 0.4) is 0 Å². The molecule has 0 radical (unpaired) electrons. The molecule has 0 saturated carbocycles. The van der Waals surface area contributed by atoms with Crippen molar-refractivity contribution in [2.75, 3.05) is 26.2 Å². The molecule has 0 bridgehead atoms. The Bertz CT molecular complexity index is 882. The van der Waals surface area contributed by atoms with Gasteiger partial charge in [-0.1, -0.05) is 6.42 Å². The van der Waals surface area contributed by atoms with E-state index in [4.69, 9.17) is 4.74 Å². The normalized spacial score (nSPS) is 16.7. The van der Waals surface area contributed by atoms with Crippen LogP contribution < -0.4 is 10.3 Å². The first-order valence-electron chi connectivity index (χ1n) is 10.7. The molecule has 1 aromatic heterocycles. The molecule has 0 unspecified atom stereocenters. The van der Waals surface area contributed by atoms with Gasteiger partial charge in [-0.25, -0.2) is 4.68 Å². The van der Waals surface area contributed by atoms with E-state index in [1.165, 1.54) is 37.9 Å². The summed E-state index contributed by atoms with van der Waals surface area (Å²) in [6.45, 7) is 8.36. The molecule has 1 aliphatic heterocycles. The van der Waals surface area contributed by atoms with Crippen molar-refractivity contribution < 1.29 is 4.74 Å². The summed E-state index contributed by atoms with van der Waals surface area (Å²) in [7, 11) is 0. The molecule has 4 rings (SSSR count). The first kappa shape index (κ1) is 19.2. The molecule has 1 aromatic carbocycles. The molecule has 1 saturated heterocycles. The van der Waals surface area contributed by atoms with Gasteiger partial charge in [0.25, 0.3) is 5.56 Å². The highest BCUT2D eigenvalue weighted by Crippen LogP contribution is 2.33. The lowest BCUT2D eigenvalue weighted by molar-refractivity contribution is 0.205. The zero-order valence-electron chi connectivity index (χ0n) is 17.1. The number of aromatic nitrogens is 2. The van der Waals surface area contributed by atoms with Crippen LogP contribution in [-0.2, 0) is 12.8 Å². The number of aryl methyl sites for hydroxylation is 2. The lowest BCUT2D eigenvalue weighted by Crippen LogP contribution is -2.31. The number of hydrogen-bond acceptors (Lipinski definition) is 4. The molecular formula is C23H31N3O2. The van der Waals surface area contributed by atoms with Crippen molar-refractivity contribution in [3.05, 3.63) is 45.7 Å². The molecular weight excluding hydrogens is 350 g/mol. The average Bonchev–Trinajstić information content (AvgIpc) is 2.71. The van der Waals surface area contributed by atoms with Crippen molar-refractivity contribution in [2.45, 2.75) is 58.4 Å². The lowest BCUT2D eigenvalue weighted by atomic mass is 9.89. The third-order valence-corrected chi connectivity index (χ3v) is 5.86. The van der Waals surface area contributed by atoms with Crippen LogP contribution in [0, 0.1) is 0 Å². The zero-order valence-corrected chi connectivity index (χ0v) is 17.1. The van der Waals surface area contributed by atoms with Crippen LogP contribution in [0.1, 0.15) is 56.7 Å². The quantitative estimate of drug-likeness (QED) is 0.713. The highest BCUT2D eigenvalue weighted by atomic mass is 16.5. The molecule has 28 heavy (non-hydrogen) atoms. The molecule has 2 aliphatic rings. The van der Waals surface area contributed by atoms with E-state index in [2.05, 4.69) is 22.1 Å². The van der Waals surface area contributed by atoms with E-state index >= 15 is 0 Å². The molecule has 0 N–H and O–H groups in total. The van der Waals surface area contributed by atoms with Crippen molar-refractivity contribution in [1.29, 1.82) is 0 Å². The minimum absolute atomic E-state index is 0.00846. The second-order valence-electron chi connectivity index (χ2n) is 8.32. The van der Waals surface area contributed by atoms with Crippen molar-refractivity contribution in [1.82, 2.24) is 14.7 Å². The van der Waals surface area contributed by atoms with E-state index in [1.54, 1.807) is 10.7 Å². The summed E-state index contributed by atoms with van der Waals surface area (Å²) in [5, 5.41) is 4.67. The Kier molecular flexibility index (Phi) is 5.81. The summed E-state index contributed by atoms with van der Waals surface area (Å²) in [6, 6.07) is 8.13. The van der Waals surface area contributed by atoms with Crippen LogP contribution in [0.15, 0.2) is 29.1 Å². The van der Waals surface area contributed by atoms with E-state index < -0.39 is 0 Å². The van der Waals surface area contributed by atoms with Crippen molar-refractivity contribution in [3.8, 4) is 17.0 Å². The Labute approximate surface area is 167 Å². The van der Waals surface area contributed by atoms with E-state index in [0.29, 0.717) is 0 Å². The first-order valence-corrected chi connectivity index (χ1v) is 10.7. The molecule has 0 spiro atoms. The van der Waals surface area contributed by atoms with E-state index in [0.717, 1.165) is 55.0 Å². The fourth-order valence-corrected chi connectivity index (χ4v) is 4.32. The minimum atomic E-state index is -0.00846. The predicted octanol–water partition coefficient (Wildman–Crippen LogP) is 3.84. The summed E-state index contributed by atoms with van der Waals surface area (Å²) >= 11 is 0. The lowest BCUT2D eigenvalue weighted by Gasteiger charge is -2.26. The molecule has 2 aromatic rings. The number of piperidine rings is 1. The average molecular weight is 382 g/mol. The van der Waals surface area contributed by atoms with E-state index in [-0.39, 0.29) is 11.6 Å². The van der Waals surface area contributed by atoms with Gasteiger partial charge in [0.15, 0.2) is 0 Å². The monoisotopic (exact) mass is 381 g/mol. The van der Waals surface area contributed by atoms with Crippen LogP contribution >= 0.6 is 0 Å². The second-order valence-corrected chi connectivity index (χ2v) is 8.32. The maximum absolute atomic E-state index is 12.2. The maximum atomic E-state index is 12.2. The molecule has 5 nitrogen and oxygen atoms in total. The minimum Gasteiger partial charge on any atom is -0.494 e. The van der Waals surface area contributed by atoms with Gasteiger partial charge in [-0.2, -0.15) is 5.10 Å². The zero-order chi connectivity index (χ0) is 19.5. The Morgan fingerprint density at radius 2 is 1.86 bits per heavy atom. The summed E-state index contributed by atoms with van der Waals surface area (Å²) in [6.07, 6.45) is 6.93. The number of hydrogen-bond donors (Lipinski definition) is 0. The van der Waals surface area contributed by atoms with Gasteiger partial charge >= 0.3 is 0 Å². The van der Waals surface area contributed by atoms with E-state index in [1.807, 2.05) is 19.9 Å². The van der Waals surface area contributed by atoms with Gasteiger partial charge in [-0.15, -0.1) is 0 Å². The first-order chi connectivity index (χ1) is 13.6. The number of benzene rings is 1. The van der Waals surface area contributed by atoms with Gasteiger partial charge in [0.05, 0.1) is 18.3 Å².